The summed E-state index contributed by atoms with van der Waals surface area (Å²) in [4.78, 5) is 0. The summed E-state index contributed by atoms with van der Waals surface area (Å²) < 4.78 is 78.0. The molecule has 2 unspecified atom stereocenters. The van der Waals surface area contributed by atoms with Crippen molar-refractivity contribution in [2.24, 2.45) is 0 Å². The van der Waals surface area contributed by atoms with Crippen LogP contribution in [0.3, 0.4) is 0 Å². The average molecular weight is 787 g/mol. The Morgan fingerprint density at radius 1 is 0.404 bits per heavy atom. The van der Waals surface area contributed by atoms with Gasteiger partial charge in [0.15, 0.2) is 0 Å². The molecular weight excluding hydrogens is 740 g/mol. The molecule has 0 aliphatic heterocycles. The molecule has 52 heavy (non-hydrogen) atoms. The summed E-state index contributed by atoms with van der Waals surface area (Å²) in [6.07, 6.45) is 0. The van der Waals surface area contributed by atoms with Gasteiger partial charge in [0.05, 0.1) is 21.2 Å². The maximum absolute atomic E-state index is 13.8. The van der Waals surface area contributed by atoms with Crippen molar-refractivity contribution >= 4 is 40.7 Å². The second-order valence-corrected chi connectivity index (χ2v) is 20.7. The molecule has 0 saturated carbocycles. The maximum Gasteiger partial charge on any atom is 0.457 e. The number of nitrogens with one attached hydrogen (secondary N) is 4. The molecule has 0 radical (unpaired) electrons. The Morgan fingerprint density at radius 2 is 0.596 bits per heavy atom. The van der Waals surface area contributed by atoms with Crippen LogP contribution in [0.15, 0.2) is 146 Å². The SMILES string of the molecule is C=C(C)NP(=O)(NC(=C)C)c1ccc(OP(=O)(Oc2ccc(OP(=O)(Oc3ccc(P(=O)(NC(=C)C)NC(=C)C)cc3)C(=C)C)cc2)C(=C)C)cc1. The van der Waals surface area contributed by atoms with Crippen molar-refractivity contribution in [3.8, 4) is 23.0 Å². The number of benzene rings is 3. The molecule has 3 aromatic rings. The van der Waals surface area contributed by atoms with Gasteiger partial charge in [0, 0.05) is 22.8 Å². The van der Waals surface area contributed by atoms with Gasteiger partial charge in [-0.1, -0.05) is 39.5 Å². The fraction of sp³-hybridized carbons (Fsp3) is 0.167. The first-order chi connectivity index (χ1) is 24.1. The van der Waals surface area contributed by atoms with Crippen molar-refractivity contribution in [3.05, 3.63) is 146 Å². The number of allylic oxidation sites excluding steroid dienone is 6. The molecule has 0 spiro atoms. The van der Waals surface area contributed by atoms with Gasteiger partial charge in [-0.2, -0.15) is 0 Å². The van der Waals surface area contributed by atoms with Gasteiger partial charge in [0.25, 0.3) is 14.9 Å². The molecule has 0 fully saturated rings. The summed E-state index contributed by atoms with van der Waals surface area (Å²) in [5, 5.41) is 12.6. The monoisotopic (exact) mass is 786 g/mol. The number of rotatable bonds is 20. The van der Waals surface area contributed by atoms with Crippen LogP contribution in [0.5, 0.6) is 23.0 Å². The Labute approximate surface area is 306 Å². The van der Waals surface area contributed by atoms with Crippen LogP contribution in [0.2, 0.25) is 0 Å². The molecule has 0 aromatic heterocycles. The van der Waals surface area contributed by atoms with Gasteiger partial charge in [0.2, 0.25) is 0 Å². The van der Waals surface area contributed by atoms with E-state index in [1.165, 1.54) is 62.4 Å². The van der Waals surface area contributed by atoms with Crippen molar-refractivity contribution in [2.45, 2.75) is 41.5 Å². The minimum atomic E-state index is -3.98. The lowest BCUT2D eigenvalue weighted by atomic mass is 10.3. The molecule has 12 nitrogen and oxygen atoms in total. The van der Waals surface area contributed by atoms with Gasteiger partial charge in [-0.05, 0) is 114 Å². The van der Waals surface area contributed by atoms with Crippen LogP contribution in [0.1, 0.15) is 41.5 Å². The molecule has 3 aromatic carbocycles. The first kappa shape index (κ1) is 41.8. The smallest absolute Gasteiger partial charge is 0.413 e. The van der Waals surface area contributed by atoms with E-state index in [9.17, 15) is 18.3 Å². The largest absolute Gasteiger partial charge is 0.457 e. The lowest BCUT2D eigenvalue weighted by Gasteiger charge is -2.24. The first-order valence-electron chi connectivity index (χ1n) is 15.7. The Kier molecular flexibility index (Phi) is 13.5. The topological polar surface area (TPSA) is 153 Å². The van der Waals surface area contributed by atoms with Crippen LogP contribution in [0, 0.1) is 0 Å². The summed E-state index contributed by atoms with van der Waals surface area (Å²) in [6.45, 7) is 32.5. The number of hydrogen-bond donors (Lipinski definition) is 4. The standard InChI is InChI=1S/C36H46N4O8P4/c1-25(2)37-49(41,38-26(3)4)35-21-17-33(18-22-35)47-51(43,29(9)10)45-31-13-15-32(16-14-31)46-52(44,30(11)12)48-34-19-23-36(24-20-34)50(42,39-27(5)6)40-28(7)8/h13-24H,1,3,5,7,9,11H2,2,4,6,8,10,12H3,(H2,37,38,41)(H2,39,40,42). The van der Waals surface area contributed by atoms with E-state index < -0.39 is 30.1 Å². The third-order valence-electron chi connectivity index (χ3n) is 6.45. The molecule has 0 amide bonds. The zero-order chi connectivity index (χ0) is 39.1. The minimum Gasteiger partial charge on any atom is -0.413 e. The predicted molar refractivity (Wildman–Crippen MR) is 213 cm³/mol. The summed E-state index contributed by atoms with van der Waals surface area (Å²) in [7, 11) is -14.6. The summed E-state index contributed by atoms with van der Waals surface area (Å²) in [6, 6.07) is 18.1. The van der Waals surface area contributed by atoms with Gasteiger partial charge in [-0.15, -0.1) is 0 Å². The fourth-order valence-electron chi connectivity index (χ4n) is 4.29. The zero-order valence-electron chi connectivity index (χ0n) is 30.2. The van der Waals surface area contributed by atoms with Gasteiger partial charge in [-0.25, -0.2) is 9.13 Å². The van der Waals surface area contributed by atoms with Crippen LogP contribution in [0.25, 0.3) is 0 Å². The Hall–Kier alpha value is -4.58. The van der Waals surface area contributed by atoms with Crippen LogP contribution in [0.4, 0.5) is 0 Å². The van der Waals surface area contributed by atoms with Crippen LogP contribution in [-0.4, -0.2) is 0 Å². The van der Waals surface area contributed by atoms with Crippen molar-refractivity contribution < 1.29 is 36.4 Å². The molecule has 3 rings (SSSR count). The number of hydrogen-bond acceptors (Lipinski definition) is 8. The van der Waals surface area contributed by atoms with Crippen LogP contribution in [-0.2, 0) is 18.3 Å². The molecule has 0 aliphatic carbocycles. The third-order valence-corrected chi connectivity index (χ3v) is 15.0. The molecule has 2 atom stereocenters. The second kappa shape index (κ2) is 16.8. The highest BCUT2D eigenvalue weighted by atomic mass is 31.2. The predicted octanol–water partition coefficient (Wildman–Crippen LogP) is 10.2. The highest BCUT2D eigenvalue weighted by Gasteiger charge is 2.33. The quantitative estimate of drug-likeness (QED) is 0.0806. The maximum atomic E-state index is 13.8. The Bertz CT molecular complexity index is 1890. The lowest BCUT2D eigenvalue weighted by molar-refractivity contribution is 0.389. The first-order valence-corrected chi connectivity index (χ1v) is 22.2. The minimum absolute atomic E-state index is 0.129. The molecular formula is C36H46N4O8P4. The summed E-state index contributed by atoms with van der Waals surface area (Å²) >= 11 is 0. The van der Waals surface area contributed by atoms with Crippen molar-refractivity contribution in [3.63, 3.8) is 0 Å². The molecule has 0 aliphatic rings. The van der Waals surface area contributed by atoms with Crippen molar-refractivity contribution in [1.82, 2.24) is 20.3 Å². The summed E-state index contributed by atoms with van der Waals surface area (Å²) in [5.74, 6) is 0.659. The van der Waals surface area contributed by atoms with E-state index >= 15 is 0 Å². The summed E-state index contributed by atoms with van der Waals surface area (Å²) in [5.41, 5.74) is 1.97. The van der Waals surface area contributed by atoms with Gasteiger partial charge in [-0.3, -0.25) is 9.13 Å². The van der Waals surface area contributed by atoms with Gasteiger partial charge >= 0.3 is 15.2 Å². The van der Waals surface area contributed by atoms with E-state index in [0.717, 1.165) is 0 Å². The Morgan fingerprint density at radius 3 is 0.769 bits per heavy atom. The van der Waals surface area contributed by atoms with E-state index in [-0.39, 0.29) is 33.6 Å². The van der Waals surface area contributed by atoms with Crippen LogP contribution >= 0.6 is 30.1 Å². The van der Waals surface area contributed by atoms with E-state index in [2.05, 4.69) is 59.8 Å². The van der Waals surface area contributed by atoms with E-state index in [0.29, 0.717) is 33.4 Å². The highest BCUT2D eigenvalue weighted by molar-refractivity contribution is 7.68. The van der Waals surface area contributed by atoms with E-state index in [4.69, 9.17) is 18.1 Å². The van der Waals surface area contributed by atoms with Gasteiger partial charge < -0.3 is 38.4 Å². The van der Waals surface area contributed by atoms with Crippen molar-refractivity contribution in [1.29, 1.82) is 0 Å². The van der Waals surface area contributed by atoms with Crippen LogP contribution < -0.4 is 49.1 Å². The normalized spacial score (nSPS) is 13.5. The molecule has 16 heteroatoms. The van der Waals surface area contributed by atoms with Gasteiger partial charge in [0.1, 0.15) is 23.0 Å². The molecule has 4 N–H and O–H groups in total. The highest BCUT2D eigenvalue weighted by Crippen LogP contribution is 2.57. The zero-order valence-corrected chi connectivity index (χ0v) is 33.8. The third kappa shape index (κ3) is 11.2. The van der Waals surface area contributed by atoms with Crippen molar-refractivity contribution in [2.75, 3.05) is 0 Å². The molecule has 0 heterocycles. The fourth-order valence-corrected chi connectivity index (χ4v) is 10.5. The molecule has 278 valence electrons. The molecule has 0 saturated heterocycles. The average Bonchev–Trinajstić information content (AvgIpc) is 3.01. The second-order valence-electron chi connectivity index (χ2n) is 12.1. The van der Waals surface area contributed by atoms with E-state index in [1.54, 1.807) is 52.0 Å². The lowest BCUT2D eigenvalue weighted by Crippen LogP contribution is -2.27. The molecule has 0 bridgehead atoms. The van der Waals surface area contributed by atoms with E-state index in [1.807, 2.05) is 0 Å². The Balaban J connectivity index is 1.77.